The van der Waals surface area contributed by atoms with E-state index >= 15 is 0 Å². The Morgan fingerprint density at radius 1 is 1.26 bits per heavy atom. The van der Waals surface area contributed by atoms with E-state index in [-0.39, 0.29) is 5.78 Å². The minimum absolute atomic E-state index is 0.00940. The van der Waals surface area contributed by atoms with Crippen molar-refractivity contribution in [1.82, 2.24) is 8.99 Å². The van der Waals surface area contributed by atoms with E-state index in [0.717, 1.165) is 29.9 Å². The number of aryl methyl sites for hydroxylation is 1. The molecule has 0 saturated heterocycles. The van der Waals surface area contributed by atoms with E-state index in [4.69, 9.17) is 11.8 Å². The molecule has 0 saturated carbocycles. The molecule has 0 aromatic carbocycles. The number of allylic oxidation sites excluding steroid dienone is 6. The number of carbonyl (C=O) groups excluding carboxylic acids is 1. The molecule has 0 bridgehead atoms. The maximum Gasteiger partial charge on any atom is 0.189 e. The van der Waals surface area contributed by atoms with Crippen LogP contribution in [0.3, 0.4) is 0 Å². The molecule has 4 heteroatoms. The third-order valence-electron chi connectivity index (χ3n) is 3.74. The summed E-state index contributed by atoms with van der Waals surface area (Å²) in [4.78, 5) is 12.0. The standard InChI is InChI=1S/C15H11ClN2O/c16-18-9-11-12(4-2-6-14(11)19)17-8-7-10-3-1-5-13(18)15(10)17/h2,4-9H,1,3H2. The molecule has 1 aromatic rings. The zero-order chi connectivity index (χ0) is 13.0. The number of rotatable bonds is 0. The lowest BCUT2D eigenvalue weighted by Crippen LogP contribution is -2.10. The van der Waals surface area contributed by atoms with E-state index in [2.05, 4.69) is 16.7 Å². The third kappa shape index (κ3) is 1.42. The van der Waals surface area contributed by atoms with Gasteiger partial charge in [-0.2, -0.15) is 0 Å². The quantitative estimate of drug-likeness (QED) is 0.677. The molecule has 3 aliphatic rings. The first-order valence-corrected chi connectivity index (χ1v) is 6.60. The maximum absolute atomic E-state index is 12.0. The summed E-state index contributed by atoms with van der Waals surface area (Å²) in [7, 11) is 0. The van der Waals surface area contributed by atoms with Crippen molar-refractivity contribution in [3.63, 3.8) is 0 Å². The lowest BCUT2D eigenvalue weighted by atomic mass is 10.0. The van der Waals surface area contributed by atoms with Crippen molar-refractivity contribution in [3.05, 3.63) is 59.6 Å². The molecule has 0 spiro atoms. The van der Waals surface area contributed by atoms with E-state index in [0.29, 0.717) is 5.57 Å². The smallest absolute Gasteiger partial charge is 0.189 e. The first-order valence-electron chi connectivity index (χ1n) is 6.27. The second-order valence-electron chi connectivity index (χ2n) is 4.82. The van der Waals surface area contributed by atoms with E-state index in [1.807, 2.05) is 12.3 Å². The highest BCUT2D eigenvalue weighted by Crippen LogP contribution is 2.38. The van der Waals surface area contributed by atoms with Gasteiger partial charge in [-0.25, -0.2) is 0 Å². The van der Waals surface area contributed by atoms with Gasteiger partial charge in [-0.1, -0.05) is 12.2 Å². The molecule has 94 valence electrons. The highest BCUT2D eigenvalue weighted by Gasteiger charge is 2.29. The zero-order valence-corrected chi connectivity index (χ0v) is 10.9. The van der Waals surface area contributed by atoms with Crippen LogP contribution in [0.15, 0.2) is 48.3 Å². The Labute approximate surface area is 115 Å². The van der Waals surface area contributed by atoms with Gasteiger partial charge >= 0.3 is 0 Å². The minimum Gasteiger partial charge on any atom is -0.314 e. The van der Waals surface area contributed by atoms with Crippen molar-refractivity contribution in [3.8, 4) is 0 Å². The van der Waals surface area contributed by atoms with Crippen LogP contribution < -0.4 is 0 Å². The molecular formula is C15H11ClN2O. The highest BCUT2D eigenvalue weighted by molar-refractivity contribution is 6.21. The van der Waals surface area contributed by atoms with Crippen molar-refractivity contribution >= 4 is 29.0 Å². The summed E-state index contributed by atoms with van der Waals surface area (Å²) in [6, 6.07) is 2.11. The number of aromatic nitrogens is 1. The minimum atomic E-state index is -0.00940. The molecule has 0 amide bonds. The van der Waals surface area contributed by atoms with Gasteiger partial charge in [-0.05, 0) is 36.6 Å². The summed E-state index contributed by atoms with van der Waals surface area (Å²) in [5.41, 5.74) is 4.86. The fourth-order valence-electron chi connectivity index (χ4n) is 2.87. The summed E-state index contributed by atoms with van der Waals surface area (Å²) in [5, 5.41) is 0. The summed E-state index contributed by atoms with van der Waals surface area (Å²) in [5.74, 6) is -0.00940. The topological polar surface area (TPSA) is 25.2 Å². The van der Waals surface area contributed by atoms with Crippen LogP contribution in [-0.2, 0) is 11.2 Å². The molecule has 0 radical (unpaired) electrons. The molecule has 1 aliphatic heterocycles. The zero-order valence-electron chi connectivity index (χ0n) is 10.1. The van der Waals surface area contributed by atoms with Crippen molar-refractivity contribution in [1.29, 1.82) is 0 Å². The number of halogens is 1. The van der Waals surface area contributed by atoms with Crippen LogP contribution in [0.25, 0.3) is 11.4 Å². The van der Waals surface area contributed by atoms with Gasteiger partial charge in [0.15, 0.2) is 5.78 Å². The van der Waals surface area contributed by atoms with Crippen LogP contribution in [0.2, 0.25) is 0 Å². The molecule has 2 heterocycles. The van der Waals surface area contributed by atoms with Crippen LogP contribution in [0.5, 0.6) is 0 Å². The molecule has 1 aromatic heterocycles. The van der Waals surface area contributed by atoms with Crippen molar-refractivity contribution in [2.75, 3.05) is 0 Å². The lowest BCUT2D eigenvalue weighted by Gasteiger charge is -2.20. The Balaban J connectivity index is 2.06. The Bertz CT molecular complexity index is 719. The second kappa shape index (κ2) is 3.75. The number of carbonyl (C=O) groups is 1. The summed E-state index contributed by atoms with van der Waals surface area (Å²) in [6.07, 6.45) is 13.2. The molecule has 0 unspecified atom stereocenters. The number of nitrogens with zero attached hydrogens (tertiary/aromatic N) is 2. The molecule has 19 heavy (non-hydrogen) atoms. The predicted molar refractivity (Wildman–Crippen MR) is 74.9 cm³/mol. The fraction of sp³-hybridized carbons (Fsp3) is 0.133. The summed E-state index contributed by atoms with van der Waals surface area (Å²) >= 11 is 6.33. The van der Waals surface area contributed by atoms with Gasteiger partial charge in [-0.3, -0.25) is 9.21 Å². The number of hydrogen-bond acceptors (Lipinski definition) is 2. The van der Waals surface area contributed by atoms with Gasteiger partial charge in [0.1, 0.15) is 0 Å². The van der Waals surface area contributed by atoms with Gasteiger partial charge in [0, 0.05) is 24.2 Å². The van der Waals surface area contributed by atoms with Crippen molar-refractivity contribution < 1.29 is 4.79 Å². The van der Waals surface area contributed by atoms with Crippen LogP contribution >= 0.6 is 11.8 Å². The average Bonchev–Trinajstić information content (AvgIpc) is 2.79. The lowest BCUT2D eigenvalue weighted by molar-refractivity contribution is -0.111. The van der Waals surface area contributed by atoms with Gasteiger partial charge in [0.25, 0.3) is 0 Å². The van der Waals surface area contributed by atoms with Gasteiger partial charge in [-0.15, -0.1) is 0 Å². The van der Waals surface area contributed by atoms with Crippen LogP contribution in [0.4, 0.5) is 0 Å². The van der Waals surface area contributed by atoms with Crippen LogP contribution in [-0.4, -0.2) is 14.8 Å². The molecular weight excluding hydrogens is 260 g/mol. The van der Waals surface area contributed by atoms with E-state index in [1.54, 1.807) is 22.8 Å². The van der Waals surface area contributed by atoms with Gasteiger partial charge in [0.05, 0.1) is 22.7 Å². The number of fused-ring (bicyclic) bond motifs is 2. The Hall–Kier alpha value is -2.00. The Kier molecular flexibility index (Phi) is 2.15. The monoisotopic (exact) mass is 270 g/mol. The Morgan fingerprint density at radius 3 is 3.05 bits per heavy atom. The first-order chi connectivity index (χ1) is 9.25. The van der Waals surface area contributed by atoms with E-state index in [9.17, 15) is 4.79 Å². The summed E-state index contributed by atoms with van der Waals surface area (Å²) in [6.45, 7) is 0. The molecule has 2 aliphatic carbocycles. The molecule has 0 fully saturated rings. The Morgan fingerprint density at radius 2 is 2.16 bits per heavy atom. The third-order valence-corrected chi connectivity index (χ3v) is 4.02. The van der Waals surface area contributed by atoms with Gasteiger partial charge < -0.3 is 4.57 Å². The largest absolute Gasteiger partial charge is 0.314 e. The molecule has 3 nitrogen and oxygen atoms in total. The second-order valence-corrected chi connectivity index (χ2v) is 5.18. The highest BCUT2D eigenvalue weighted by atomic mass is 35.5. The predicted octanol–water partition coefficient (Wildman–Crippen LogP) is 3.11. The molecule has 0 N–H and O–H groups in total. The molecule has 0 atom stereocenters. The maximum atomic E-state index is 12.0. The van der Waals surface area contributed by atoms with Gasteiger partial charge in [0.2, 0.25) is 0 Å². The van der Waals surface area contributed by atoms with Crippen molar-refractivity contribution in [2.24, 2.45) is 0 Å². The molecule has 4 rings (SSSR count). The number of ketones is 1. The first kappa shape index (κ1) is 10.9. The van der Waals surface area contributed by atoms with Crippen LogP contribution in [0.1, 0.15) is 17.7 Å². The summed E-state index contributed by atoms with van der Waals surface area (Å²) < 4.78 is 3.61. The fourth-order valence-corrected chi connectivity index (χ4v) is 3.11. The number of hydrogen-bond donors (Lipinski definition) is 0. The SMILES string of the molecule is O=C1C=CC=C2C1=CN(Cl)C1=CCCc3ccn2c31. The average molecular weight is 271 g/mol. The van der Waals surface area contributed by atoms with E-state index < -0.39 is 0 Å². The van der Waals surface area contributed by atoms with E-state index in [1.165, 1.54) is 5.56 Å². The van der Waals surface area contributed by atoms with Crippen molar-refractivity contribution in [2.45, 2.75) is 12.8 Å². The normalized spacial score (nSPS) is 20.2. The van der Waals surface area contributed by atoms with Crippen LogP contribution in [0, 0.1) is 0 Å².